The number of imidazole rings is 1. The van der Waals surface area contributed by atoms with Gasteiger partial charge < -0.3 is 5.32 Å². The molecule has 0 saturated carbocycles. The molecule has 0 bridgehead atoms. The van der Waals surface area contributed by atoms with E-state index in [1.807, 2.05) is 31.8 Å². The van der Waals surface area contributed by atoms with Crippen molar-refractivity contribution in [2.24, 2.45) is 7.05 Å². The summed E-state index contributed by atoms with van der Waals surface area (Å²) in [6.07, 6.45) is 8.12. The first-order valence-electron chi connectivity index (χ1n) is 5.60. The highest BCUT2D eigenvalue weighted by Crippen LogP contribution is 2.24. The fraction of sp³-hybridized carbons (Fsp3) is 0.455. The van der Waals surface area contributed by atoms with Gasteiger partial charge in [0, 0.05) is 25.4 Å². The second kappa shape index (κ2) is 3.75. The first-order valence-corrected chi connectivity index (χ1v) is 5.60. The van der Waals surface area contributed by atoms with E-state index >= 15 is 0 Å². The molecule has 1 fully saturated rings. The second-order valence-corrected chi connectivity index (χ2v) is 4.19. The molecule has 1 aliphatic rings. The van der Waals surface area contributed by atoms with E-state index in [1.54, 1.807) is 4.68 Å². The zero-order chi connectivity index (χ0) is 11.0. The van der Waals surface area contributed by atoms with Crippen LogP contribution in [0.3, 0.4) is 0 Å². The molecule has 2 aromatic heterocycles. The highest BCUT2D eigenvalue weighted by molar-refractivity contribution is 5.25. The molecule has 1 saturated heterocycles. The van der Waals surface area contributed by atoms with E-state index in [1.165, 1.54) is 18.5 Å². The zero-order valence-corrected chi connectivity index (χ0v) is 9.30. The van der Waals surface area contributed by atoms with Crippen LogP contribution in [0.25, 0.3) is 5.82 Å². The van der Waals surface area contributed by atoms with Crippen LogP contribution in [0.15, 0.2) is 24.8 Å². The van der Waals surface area contributed by atoms with E-state index in [9.17, 15) is 0 Å². The van der Waals surface area contributed by atoms with Crippen LogP contribution >= 0.6 is 0 Å². The van der Waals surface area contributed by atoms with Gasteiger partial charge in [0.2, 0.25) is 0 Å². The van der Waals surface area contributed by atoms with Gasteiger partial charge >= 0.3 is 0 Å². The lowest BCUT2D eigenvalue weighted by molar-refractivity contribution is 0.610. The summed E-state index contributed by atoms with van der Waals surface area (Å²) in [5, 5.41) is 7.88. The summed E-state index contributed by atoms with van der Waals surface area (Å²) in [6.45, 7) is 1.10. The largest absolute Gasteiger partial charge is 0.309 e. The Hall–Kier alpha value is -1.62. The third-order valence-corrected chi connectivity index (χ3v) is 3.03. The highest BCUT2D eigenvalue weighted by atomic mass is 15.3. The maximum absolute atomic E-state index is 4.40. The van der Waals surface area contributed by atoms with Crippen LogP contribution in [-0.2, 0) is 7.05 Å². The summed E-state index contributed by atoms with van der Waals surface area (Å²) in [6, 6.07) is 2.42. The van der Waals surface area contributed by atoms with Gasteiger partial charge in [-0.15, -0.1) is 0 Å². The molecule has 5 heteroatoms. The number of aromatic nitrogens is 4. The lowest BCUT2D eigenvalue weighted by Gasteiger charge is -2.11. The molecule has 0 aromatic carbocycles. The maximum atomic E-state index is 4.40. The Bertz CT molecular complexity index is 478. The van der Waals surface area contributed by atoms with Crippen LogP contribution in [0.4, 0.5) is 0 Å². The van der Waals surface area contributed by atoms with Crippen molar-refractivity contribution in [3.63, 3.8) is 0 Å². The Morgan fingerprint density at radius 3 is 3.12 bits per heavy atom. The molecule has 16 heavy (non-hydrogen) atoms. The Kier molecular flexibility index (Phi) is 2.25. The van der Waals surface area contributed by atoms with Crippen molar-refractivity contribution in [1.29, 1.82) is 0 Å². The Morgan fingerprint density at radius 1 is 1.50 bits per heavy atom. The average Bonchev–Trinajstić information content (AvgIpc) is 2.96. The number of rotatable bonds is 2. The summed E-state index contributed by atoms with van der Waals surface area (Å²) < 4.78 is 3.87. The van der Waals surface area contributed by atoms with E-state index in [-0.39, 0.29) is 0 Å². The third kappa shape index (κ3) is 1.53. The van der Waals surface area contributed by atoms with E-state index < -0.39 is 0 Å². The first kappa shape index (κ1) is 9.59. The monoisotopic (exact) mass is 217 g/mol. The minimum absolute atomic E-state index is 0.421. The number of hydrogen-bond acceptors (Lipinski definition) is 3. The first-order chi connectivity index (χ1) is 7.84. The third-order valence-electron chi connectivity index (χ3n) is 3.03. The number of nitrogens with zero attached hydrogens (tertiary/aromatic N) is 4. The topological polar surface area (TPSA) is 47.7 Å². The lowest BCUT2D eigenvalue weighted by atomic mass is 10.2. The molecule has 84 valence electrons. The minimum Gasteiger partial charge on any atom is -0.309 e. The molecular weight excluding hydrogens is 202 g/mol. The Morgan fingerprint density at radius 2 is 2.44 bits per heavy atom. The van der Waals surface area contributed by atoms with Crippen molar-refractivity contribution in [2.45, 2.75) is 18.9 Å². The van der Waals surface area contributed by atoms with Gasteiger partial charge in [-0.3, -0.25) is 9.25 Å². The summed E-state index contributed by atoms with van der Waals surface area (Å²) in [5.41, 5.74) is 1.20. The predicted octanol–water partition coefficient (Wildman–Crippen LogP) is 1.03. The molecule has 0 aliphatic carbocycles. The zero-order valence-electron chi connectivity index (χ0n) is 9.30. The van der Waals surface area contributed by atoms with Gasteiger partial charge in [0.15, 0.2) is 5.82 Å². The van der Waals surface area contributed by atoms with Crippen LogP contribution < -0.4 is 5.32 Å². The Balaban J connectivity index is 1.98. The standard InChI is InChI=1S/C11H15N5/c1-15-6-4-11(14-15)16-8-12-7-10(16)9-3-2-5-13-9/h4,6-9,13H,2-3,5H2,1H3/t9-/m0/s1. The predicted molar refractivity (Wildman–Crippen MR) is 60.3 cm³/mol. The summed E-state index contributed by atoms with van der Waals surface area (Å²) in [5.74, 6) is 0.934. The fourth-order valence-electron chi connectivity index (χ4n) is 2.22. The van der Waals surface area contributed by atoms with E-state index in [0.29, 0.717) is 6.04 Å². The molecule has 0 amide bonds. The molecule has 2 aromatic rings. The number of nitrogens with one attached hydrogen (secondary N) is 1. The summed E-state index contributed by atoms with van der Waals surface area (Å²) >= 11 is 0. The van der Waals surface area contributed by atoms with Crippen molar-refractivity contribution >= 4 is 0 Å². The van der Waals surface area contributed by atoms with Gasteiger partial charge in [0.25, 0.3) is 0 Å². The Labute approximate surface area is 94.1 Å². The summed E-state index contributed by atoms with van der Waals surface area (Å²) in [4.78, 5) is 4.23. The van der Waals surface area contributed by atoms with Gasteiger partial charge in [-0.25, -0.2) is 4.98 Å². The van der Waals surface area contributed by atoms with Crippen molar-refractivity contribution in [2.75, 3.05) is 6.54 Å². The van der Waals surface area contributed by atoms with Crippen LogP contribution in [-0.4, -0.2) is 25.9 Å². The molecule has 1 N–H and O–H groups in total. The molecule has 3 rings (SSSR count). The van der Waals surface area contributed by atoms with Crippen LogP contribution in [0.5, 0.6) is 0 Å². The van der Waals surface area contributed by atoms with Gasteiger partial charge in [-0.05, 0) is 19.4 Å². The van der Waals surface area contributed by atoms with E-state index in [4.69, 9.17) is 0 Å². The normalized spacial score (nSPS) is 20.4. The molecule has 0 unspecified atom stereocenters. The smallest absolute Gasteiger partial charge is 0.160 e. The van der Waals surface area contributed by atoms with Crippen molar-refractivity contribution in [3.8, 4) is 5.82 Å². The van der Waals surface area contributed by atoms with Crippen molar-refractivity contribution in [1.82, 2.24) is 24.6 Å². The van der Waals surface area contributed by atoms with Gasteiger partial charge in [-0.2, -0.15) is 5.10 Å². The average molecular weight is 217 g/mol. The van der Waals surface area contributed by atoms with E-state index in [2.05, 4.69) is 20.0 Å². The number of hydrogen-bond donors (Lipinski definition) is 1. The minimum atomic E-state index is 0.421. The van der Waals surface area contributed by atoms with Crippen molar-refractivity contribution < 1.29 is 0 Å². The fourth-order valence-corrected chi connectivity index (χ4v) is 2.22. The molecule has 5 nitrogen and oxygen atoms in total. The maximum Gasteiger partial charge on any atom is 0.160 e. The second-order valence-electron chi connectivity index (χ2n) is 4.19. The molecule has 0 spiro atoms. The summed E-state index contributed by atoms with van der Waals surface area (Å²) in [7, 11) is 1.92. The lowest BCUT2D eigenvalue weighted by Crippen LogP contribution is -2.16. The van der Waals surface area contributed by atoms with Crippen LogP contribution in [0.2, 0.25) is 0 Å². The van der Waals surface area contributed by atoms with Crippen LogP contribution in [0.1, 0.15) is 24.6 Å². The van der Waals surface area contributed by atoms with Crippen molar-refractivity contribution in [3.05, 3.63) is 30.5 Å². The quantitative estimate of drug-likeness (QED) is 0.817. The number of aryl methyl sites for hydroxylation is 1. The van der Waals surface area contributed by atoms with Gasteiger partial charge in [0.1, 0.15) is 6.33 Å². The SMILES string of the molecule is Cn1ccc(-n2cncc2[C@@H]2CCCN2)n1. The molecule has 3 heterocycles. The molecule has 1 aliphatic heterocycles. The van der Waals surface area contributed by atoms with Gasteiger partial charge in [0.05, 0.1) is 11.9 Å². The van der Waals surface area contributed by atoms with E-state index in [0.717, 1.165) is 12.4 Å². The molecular formula is C11H15N5. The molecule has 1 atom stereocenters. The molecule has 0 radical (unpaired) electrons. The van der Waals surface area contributed by atoms with Crippen LogP contribution in [0, 0.1) is 0 Å². The van der Waals surface area contributed by atoms with Gasteiger partial charge in [-0.1, -0.05) is 0 Å². The highest BCUT2D eigenvalue weighted by Gasteiger charge is 2.20.